The number of rotatable bonds is 4. The highest BCUT2D eigenvalue weighted by Gasteiger charge is 2.07. The monoisotopic (exact) mass is 299 g/mol. The average Bonchev–Trinajstić information content (AvgIpc) is 2.55. The van der Waals surface area contributed by atoms with Crippen LogP contribution in [0.15, 0.2) is 54.6 Å². The van der Waals surface area contributed by atoms with Crippen molar-refractivity contribution in [2.45, 2.75) is 5.88 Å². The molecule has 1 heterocycles. The number of para-hydroxylation sites is 1. The standard InChI is InChI=1S/C17H14ClNO2/c1-20-13-6-8-14(9-7-13)21-17-10-12(11-18)19-16-5-3-2-4-15(16)17/h2-10H,11H2,1H3. The summed E-state index contributed by atoms with van der Waals surface area (Å²) in [6, 6.07) is 17.2. The lowest BCUT2D eigenvalue weighted by Gasteiger charge is -2.10. The smallest absolute Gasteiger partial charge is 0.138 e. The summed E-state index contributed by atoms with van der Waals surface area (Å²) in [6.45, 7) is 0. The number of pyridine rings is 1. The maximum Gasteiger partial charge on any atom is 0.138 e. The van der Waals surface area contributed by atoms with E-state index in [0.717, 1.165) is 33.8 Å². The van der Waals surface area contributed by atoms with Gasteiger partial charge in [-0.05, 0) is 36.4 Å². The van der Waals surface area contributed by atoms with E-state index in [1.54, 1.807) is 7.11 Å². The van der Waals surface area contributed by atoms with Crippen molar-refractivity contribution < 1.29 is 9.47 Å². The van der Waals surface area contributed by atoms with E-state index in [1.807, 2.05) is 54.6 Å². The normalized spacial score (nSPS) is 10.6. The maximum absolute atomic E-state index is 5.98. The Morgan fingerprint density at radius 2 is 1.71 bits per heavy atom. The highest BCUT2D eigenvalue weighted by molar-refractivity contribution is 6.17. The lowest BCUT2D eigenvalue weighted by molar-refractivity contribution is 0.413. The highest BCUT2D eigenvalue weighted by atomic mass is 35.5. The average molecular weight is 300 g/mol. The van der Waals surface area contributed by atoms with Gasteiger partial charge in [0.2, 0.25) is 0 Å². The zero-order valence-corrected chi connectivity index (χ0v) is 12.3. The molecule has 0 amide bonds. The molecule has 1 aromatic heterocycles. The molecule has 0 radical (unpaired) electrons. The van der Waals surface area contributed by atoms with Crippen molar-refractivity contribution in [1.29, 1.82) is 0 Å². The van der Waals surface area contributed by atoms with Crippen LogP contribution in [0.1, 0.15) is 5.69 Å². The molecule has 0 saturated carbocycles. The number of aromatic nitrogens is 1. The summed E-state index contributed by atoms with van der Waals surface area (Å²) in [5.74, 6) is 2.64. The molecule has 2 aromatic carbocycles. The largest absolute Gasteiger partial charge is 0.497 e. The van der Waals surface area contributed by atoms with Gasteiger partial charge in [-0.15, -0.1) is 11.6 Å². The molecule has 0 aliphatic rings. The van der Waals surface area contributed by atoms with Gasteiger partial charge in [0.05, 0.1) is 24.2 Å². The first kappa shape index (κ1) is 13.7. The van der Waals surface area contributed by atoms with Gasteiger partial charge in [-0.3, -0.25) is 4.98 Å². The topological polar surface area (TPSA) is 31.4 Å². The number of alkyl halides is 1. The summed E-state index contributed by atoms with van der Waals surface area (Å²) in [5.41, 5.74) is 1.66. The van der Waals surface area contributed by atoms with Gasteiger partial charge in [0.1, 0.15) is 17.2 Å². The van der Waals surface area contributed by atoms with Gasteiger partial charge in [0.15, 0.2) is 0 Å². The number of methoxy groups -OCH3 is 1. The second-order valence-corrected chi connectivity index (χ2v) is 4.81. The van der Waals surface area contributed by atoms with Crippen molar-refractivity contribution >= 4 is 22.5 Å². The number of benzene rings is 2. The molecule has 0 fully saturated rings. The molecule has 21 heavy (non-hydrogen) atoms. The third kappa shape index (κ3) is 2.93. The highest BCUT2D eigenvalue weighted by Crippen LogP contribution is 2.31. The Kier molecular flexibility index (Phi) is 3.93. The van der Waals surface area contributed by atoms with Crippen molar-refractivity contribution in [3.05, 3.63) is 60.3 Å². The summed E-state index contributed by atoms with van der Waals surface area (Å²) >= 11 is 5.91. The van der Waals surface area contributed by atoms with Gasteiger partial charge in [0, 0.05) is 11.5 Å². The molecule has 0 saturated heterocycles. The fourth-order valence-electron chi connectivity index (χ4n) is 2.12. The molecule has 0 N–H and O–H groups in total. The first-order chi connectivity index (χ1) is 10.3. The van der Waals surface area contributed by atoms with E-state index < -0.39 is 0 Å². The minimum Gasteiger partial charge on any atom is -0.497 e. The maximum atomic E-state index is 5.98. The number of ether oxygens (including phenoxy) is 2. The molecule has 3 nitrogen and oxygen atoms in total. The van der Waals surface area contributed by atoms with Crippen molar-refractivity contribution in [2.75, 3.05) is 7.11 Å². The van der Waals surface area contributed by atoms with Gasteiger partial charge in [-0.1, -0.05) is 12.1 Å². The molecular formula is C17H14ClNO2. The fraction of sp³-hybridized carbons (Fsp3) is 0.118. The molecule has 4 heteroatoms. The second kappa shape index (κ2) is 6.02. The van der Waals surface area contributed by atoms with Gasteiger partial charge in [0.25, 0.3) is 0 Å². The zero-order valence-electron chi connectivity index (χ0n) is 11.5. The van der Waals surface area contributed by atoms with Gasteiger partial charge in [-0.2, -0.15) is 0 Å². The van der Waals surface area contributed by atoms with Crippen molar-refractivity contribution in [3.63, 3.8) is 0 Å². The predicted octanol–water partition coefficient (Wildman–Crippen LogP) is 4.77. The lowest BCUT2D eigenvalue weighted by Crippen LogP contribution is -1.92. The molecule has 0 spiro atoms. The third-order valence-corrected chi connectivity index (χ3v) is 3.43. The molecule has 106 valence electrons. The SMILES string of the molecule is COc1ccc(Oc2cc(CCl)nc3ccccc23)cc1. The van der Waals surface area contributed by atoms with Crippen LogP contribution in [0.3, 0.4) is 0 Å². The number of hydrogen-bond donors (Lipinski definition) is 0. The summed E-state index contributed by atoms with van der Waals surface area (Å²) < 4.78 is 11.1. The summed E-state index contributed by atoms with van der Waals surface area (Å²) in [4.78, 5) is 4.49. The van der Waals surface area contributed by atoms with Crippen LogP contribution in [0.4, 0.5) is 0 Å². The Morgan fingerprint density at radius 1 is 1.00 bits per heavy atom. The van der Waals surface area contributed by atoms with E-state index in [0.29, 0.717) is 5.88 Å². The Balaban J connectivity index is 2.01. The fourth-order valence-corrected chi connectivity index (χ4v) is 2.26. The number of halogens is 1. The van der Waals surface area contributed by atoms with E-state index in [2.05, 4.69) is 4.98 Å². The van der Waals surface area contributed by atoms with Crippen LogP contribution in [0.25, 0.3) is 10.9 Å². The molecule has 0 aliphatic heterocycles. The summed E-state index contributed by atoms with van der Waals surface area (Å²) in [7, 11) is 1.64. The number of hydrogen-bond acceptors (Lipinski definition) is 3. The second-order valence-electron chi connectivity index (χ2n) is 4.54. The van der Waals surface area contributed by atoms with Crippen LogP contribution >= 0.6 is 11.6 Å². The Morgan fingerprint density at radius 3 is 2.43 bits per heavy atom. The van der Waals surface area contributed by atoms with Gasteiger partial charge in [-0.25, -0.2) is 0 Å². The minimum absolute atomic E-state index is 0.351. The van der Waals surface area contributed by atoms with Gasteiger partial charge < -0.3 is 9.47 Å². The van der Waals surface area contributed by atoms with Crippen molar-refractivity contribution in [3.8, 4) is 17.2 Å². The quantitative estimate of drug-likeness (QED) is 0.650. The molecule has 0 unspecified atom stereocenters. The van der Waals surface area contributed by atoms with E-state index in [1.165, 1.54) is 0 Å². The Hall–Kier alpha value is -2.26. The molecule has 3 aromatic rings. The van der Waals surface area contributed by atoms with Crippen LogP contribution < -0.4 is 9.47 Å². The molecule has 0 atom stereocenters. The zero-order chi connectivity index (χ0) is 14.7. The van der Waals surface area contributed by atoms with Crippen LogP contribution in [-0.4, -0.2) is 12.1 Å². The minimum atomic E-state index is 0.351. The van der Waals surface area contributed by atoms with E-state index >= 15 is 0 Å². The summed E-state index contributed by atoms with van der Waals surface area (Å²) in [6.07, 6.45) is 0. The van der Waals surface area contributed by atoms with Crippen LogP contribution in [0, 0.1) is 0 Å². The third-order valence-electron chi connectivity index (χ3n) is 3.16. The number of nitrogens with zero attached hydrogens (tertiary/aromatic N) is 1. The van der Waals surface area contributed by atoms with E-state index in [4.69, 9.17) is 21.1 Å². The first-order valence-corrected chi connectivity index (χ1v) is 7.10. The van der Waals surface area contributed by atoms with Crippen LogP contribution in [-0.2, 0) is 5.88 Å². The van der Waals surface area contributed by atoms with Crippen LogP contribution in [0.2, 0.25) is 0 Å². The van der Waals surface area contributed by atoms with Crippen LogP contribution in [0.5, 0.6) is 17.2 Å². The molecule has 3 rings (SSSR count). The van der Waals surface area contributed by atoms with Crippen molar-refractivity contribution in [2.24, 2.45) is 0 Å². The molecule has 0 aliphatic carbocycles. The van der Waals surface area contributed by atoms with Crippen molar-refractivity contribution in [1.82, 2.24) is 4.98 Å². The van der Waals surface area contributed by atoms with E-state index in [9.17, 15) is 0 Å². The number of fused-ring (bicyclic) bond motifs is 1. The Labute approximate surface area is 128 Å². The first-order valence-electron chi connectivity index (χ1n) is 6.56. The van der Waals surface area contributed by atoms with E-state index in [-0.39, 0.29) is 0 Å². The molecule has 0 bridgehead atoms. The molecular weight excluding hydrogens is 286 g/mol. The predicted molar refractivity (Wildman–Crippen MR) is 84.4 cm³/mol. The Bertz CT molecular complexity index is 756. The summed E-state index contributed by atoms with van der Waals surface area (Å²) in [5, 5.41) is 0.960. The lowest BCUT2D eigenvalue weighted by atomic mass is 10.2. The van der Waals surface area contributed by atoms with Gasteiger partial charge >= 0.3 is 0 Å².